The molecule has 0 spiro atoms. The Bertz CT molecular complexity index is 1630. The number of fused-ring (bicyclic) bond motifs is 2. The number of nitrogen functional groups attached to an aromatic ring is 1. The van der Waals surface area contributed by atoms with Gasteiger partial charge in [-0.05, 0) is 65.8 Å². The van der Waals surface area contributed by atoms with Crippen LogP contribution in [0.25, 0.3) is 32.8 Å². The lowest BCUT2D eigenvalue weighted by atomic mass is 9.98. The highest BCUT2D eigenvalue weighted by Gasteiger charge is 2.26. The number of ether oxygens (including phenoxy) is 1. The molecule has 1 aliphatic rings. The quantitative estimate of drug-likeness (QED) is 0.294. The number of nitrogens with two attached hydrogens (primary N) is 1. The molecule has 6 heteroatoms. The van der Waals surface area contributed by atoms with E-state index >= 15 is 0 Å². The van der Waals surface area contributed by atoms with E-state index in [0.717, 1.165) is 56.9 Å². The molecule has 0 bridgehead atoms. The van der Waals surface area contributed by atoms with E-state index < -0.39 is 5.97 Å². The van der Waals surface area contributed by atoms with Crippen molar-refractivity contribution < 1.29 is 14.6 Å². The predicted octanol–water partition coefficient (Wildman–Crippen LogP) is 6.12. The molecule has 0 aliphatic heterocycles. The lowest BCUT2D eigenvalue weighted by molar-refractivity contribution is -0.136. The summed E-state index contributed by atoms with van der Waals surface area (Å²) in [7, 11) is 0. The Morgan fingerprint density at radius 1 is 0.944 bits per heavy atom. The highest BCUT2D eigenvalue weighted by atomic mass is 16.5. The van der Waals surface area contributed by atoms with Crippen molar-refractivity contribution in [3.8, 4) is 16.9 Å². The zero-order valence-corrected chi connectivity index (χ0v) is 19.6. The monoisotopic (exact) mass is 475 g/mol. The van der Waals surface area contributed by atoms with E-state index in [9.17, 15) is 9.90 Å². The Labute approximate surface area is 208 Å². The number of aliphatic carboxylic acids is 1. The summed E-state index contributed by atoms with van der Waals surface area (Å²) >= 11 is 0. The number of carboxylic acid groups (broad SMARTS) is 1. The Hall–Kier alpha value is -4.45. The van der Waals surface area contributed by atoms with Crippen molar-refractivity contribution in [2.75, 3.05) is 5.73 Å². The molecule has 3 N–H and O–H groups in total. The number of anilines is 1. The SMILES string of the molecule is Nc1nccc2ccc(-c3ccc4nc(C5CC5)cc(COc5ccccc5CC(=O)O)c4c3)cc12. The predicted molar refractivity (Wildman–Crippen MR) is 141 cm³/mol. The van der Waals surface area contributed by atoms with Gasteiger partial charge in [0.2, 0.25) is 0 Å². The fourth-order valence-electron chi connectivity index (χ4n) is 4.69. The Kier molecular flexibility index (Phi) is 5.49. The fourth-order valence-corrected chi connectivity index (χ4v) is 4.69. The third kappa shape index (κ3) is 4.33. The minimum absolute atomic E-state index is 0.0787. The molecule has 1 aliphatic carbocycles. The molecule has 0 saturated heterocycles. The van der Waals surface area contributed by atoms with Crippen LogP contribution in [0.3, 0.4) is 0 Å². The smallest absolute Gasteiger partial charge is 0.307 e. The average molecular weight is 476 g/mol. The molecule has 0 radical (unpaired) electrons. The van der Waals surface area contributed by atoms with Crippen molar-refractivity contribution in [1.82, 2.24) is 9.97 Å². The van der Waals surface area contributed by atoms with Gasteiger partial charge in [0, 0.05) is 39.7 Å². The van der Waals surface area contributed by atoms with Gasteiger partial charge in [-0.3, -0.25) is 9.78 Å². The Morgan fingerprint density at radius 2 is 1.72 bits per heavy atom. The third-order valence-electron chi connectivity index (χ3n) is 6.74. The second-order valence-corrected chi connectivity index (χ2v) is 9.31. The van der Waals surface area contributed by atoms with Gasteiger partial charge in [0.25, 0.3) is 0 Å². The number of benzene rings is 3. The van der Waals surface area contributed by atoms with E-state index in [-0.39, 0.29) is 6.42 Å². The second kappa shape index (κ2) is 8.96. The van der Waals surface area contributed by atoms with E-state index in [1.807, 2.05) is 24.3 Å². The molecule has 6 rings (SSSR count). The number of carbonyl (C=O) groups is 1. The van der Waals surface area contributed by atoms with E-state index in [2.05, 4.69) is 47.4 Å². The number of para-hydroxylation sites is 1. The van der Waals surface area contributed by atoms with Gasteiger partial charge in [-0.15, -0.1) is 0 Å². The van der Waals surface area contributed by atoms with Gasteiger partial charge < -0.3 is 15.6 Å². The van der Waals surface area contributed by atoms with Crippen LogP contribution in [0.4, 0.5) is 5.82 Å². The maximum Gasteiger partial charge on any atom is 0.307 e. The maximum absolute atomic E-state index is 11.3. The molecule has 3 aromatic carbocycles. The molecule has 178 valence electrons. The van der Waals surface area contributed by atoms with E-state index in [1.165, 1.54) is 0 Å². The number of nitrogens with zero attached hydrogens (tertiary/aromatic N) is 2. The summed E-state index contributed by atoms with van der Waals surface area (Å²) in [4.78, 5) is 20.5. The summed E-state index contributed by atoms with van der Waals surface area (Å²) in [5.41, 5.74) is 12.0. The first kappa shape index (κ1) is 22.0. The van der Waals surface area contributed by atoms with Gasteiger partial charge >= 0.3 is 5.97 Å². The van der Waals surface area contributed by atoms with Crippen LogP contribution < -0.4 is 10.5 Å². The minimum Gasteiger partial charge on any atom is -0.489 e. The maximum atomic E-state index is 11.3. The number of aromatic nitrogens is 2. The average Bonchev–Trinajstić information content (AvgIpc) is 3.73. The van der Waals surface area contributed by atoms with Crippen molar-refractivity contribution in [2.24, 2.45) is 0 Å². The molecule has 1 fully saturated rings. The van der Waals surface area contributed by atoms with Gasteiger partial charge in [-0.25, -0.2) is 4.98 Å². The highest BCUT2D eigenvalue weighted by molar-refractivity contribution is 5.95. The summed E-state index contributed by atoms with van der Waals surface area (Å²) in [6.45, 7) is 0.327. The normalized spacial score (nSPS) is 13.2. The van der Waals surface area contributed by atoms with Crippen LogP contribution in [0.2, 0.25) is 0 Å². The third-order valence-corrected chi connectivity index (χ3v) is 6.74. The first-order valence-electron chi connectivity index (χ1n) is 12.1. The van der Waals surface area contributed by atoms with Gasteiger partial charge in [0.1, 0.15) is 18.2 Å². The Morgan fingerprint density at radius 3 is 2.53 bits per heavy atom. The van der Waals surface area contributed by atoms with Gasteiger partial charge in [-0.1, -0.05) is 36.4 Å². The standard InChI is InChI=1S/C30H25N3O3/c31-30-25-14-20(8-5-18(25)11-12-32-30)21-9-10-26-24(13-21)23(15-27(33-26)19-6-7-19)17-36-28-4-2-1-3-22(28)16-29(34)35/h1-5,8-15,19H,6-7,16-17H2,(H2,31,32)(H,34,35). The lowest BCUT2D eigenvalue weighted by Crippen LogP contribution is -2.05. The van der Waals surface area contributed by atoms with Crippen molar-refractivity contribution in [1.29, 1.82) is 0 Å². The van der Waals surface area contributed by atoms with Crippen molar-refractivity contribution in [3.05, 3.63) is 95.8 Å². The van der Waals surface area contributed by atoms with E-state index in [0.29, 0.717) is 29.7 Å². The summed E-state index contributed by atoms with van der Waals surface area (Å²) in [6, 6.07) is 23.9. The molecule has 5 aromatic rings. The molecule has 2 heterocycles. The largest absolute Gasteiger partial charge is 0.489 e. The topological polar surface area (TPSA) is 98.3 Å². The van der Waals surface area contributed by atoms with Crippen LogP contribution in [-0.2, 0) is 17.8 Å². The minimum atomic E-state index is -0.882. The molecule has 1 saturated carbocycles. The molecule has 0 atom stereocenters. The van der Waals surface area contributed by atoms with Crippen molar-refractivity contribution in [3.63, 3.8) is 0 Å². The fraction of sp³-hybridized carbons (Fsp3) is 0.167. The summed E-state index contributed by atoms with van der Waals surface area (Å²) in [5.74, 6) is 0.724. The zero-order valence-electron chi connectivity index (χ0n) is 19.6. The number of hydrogen-bond donors (Lipinski definition) is 2. The first-order valence-corrected chi connectivity index (χ1v) is 12.1. The van der Waals surface area contributed by atoms with Gasteiger partial charge in [0.15, 0.2) is 0 Å². The van der Waals surface area contributed by atoms with E-state index in [4.69, 9.17) is 15.5 Å². The van der Waals surface area contributed by atoms with Crippen LogP contribution in [0, 0.1) is 0 Å². The first-order chi connectivity index (χ1) is 17.5. The van der Waals surface area contributed by atoms with Gasteiger partial charge in [-0.2, -0.15) is 0 Å². The Balaban J connectivity index is 1.40. The number of rotatable bonds is 7. The van der Waals surface area contributed by atoms with Crippen molar-refractivity contribution in [2.45, 2.75) is 31.8 Å². The number of pyridine rings is 2. The number of hydrogen-bond acceptors (Lipinski definition) is 5. The van der Waals surface area contributed by atoms with Crippen molar-refractivity contribution >= 4 is 33.5 Å². The van der Waals surface area contributed by atoms with Gasteiger partial charge in [0.05, 0.1) is 11.9 Å². The summed E-state index contributed by atoms with van der Waals surface area (Å²) < 4.78 is 6.19. The zero-order chi connectivity index (χ0) is 24.6. The lowest BCUT2D eigenvalue weighted by Gasteiger charge is -2.14. The molecule has 2 aromatic heterocycles. The summed E-state index contributed by atoms with van der Waals surface area (Å²) in [6.07, 6.45) is 3.96. The van der Waals surface area contributed by atoms with Crippen LogP contribution in [0.1, 0.15) is 35.6 Å². The molecule has 6 nitrogen and oxygen atoms in total. The van der Waals surface area contributed by atoms with E-state index in [1.54, 1.807) is 12.3 Å². The van der Waals surface area contributed by atoms with Crippen LogP contribution >= 0.6 is 0 Å². The summed E-state index contributed by atoms with van der Waals surface area (Å²) in [5, 5.41) is 12.3. The molecule has 0 unspecified atom stereocenters. The molecular formula is C30H25N3O3. The second-order valence-electron chi connectivity index (χ2n) is 9.31. The molecule has 36 heavy (non-hydrogen) atoms. The van der Waals surface area contributed by atoms with Crippen LogP contribution in [-0.4, -0.2) is 21.0 Å². The molecular weight excluding hydrogens is 450 g/mol. The molecule has 0 amide bonds. The van der Waals surface area contributed by atoms with Crippen LogP contribution in [0.5, 0.6) is 5.75 Å². The highest BCUT2D eigenvalue weighted by Crippen LogP contribution is 2.41. The van der Waals surface area contributed by atoms with Crippen LogP contribution in [0.15, 0.2) is 79.0 Å². The number of carboxylic acids is 1.